The number of para-hydroxylation sites is 1. The van der Waals surface area contributed by atoms with E-state index in [1.807, 2.05) is 26.0 Å². The van der Waals surface area contributed by atoms with E-state index >= 15 is 0 Å². The normalized spacial score (nSPS) is 11.2. The highest BCUT2D eigenvalue weighted by atomic mass is 32.2. The summed E-state index contributed by atoms with van der Waals surface area (Å²) in [7, 11) is 0. The Hall–Kier alpha value is -1.95. The molecule has 6 heteroatoms. The zero-order chi connectivity index (χ0) is 12.7. The lowest BCUT2D eigenvalue weighted by molar-refractivity contribution is 0.424. The number of anilines is 1. The zero-order valence-electron chi connectivity index (χ0n) is 9.93. The SMILES string of the molecule is Cc1nc(Sc2nc3c(N)cccc3o2)oc1C. The molecule has 0 amide bonds. The van der Waals surface area contributed by atoms with E-state index < -0.39 is 0 Å². The highest BCUT2D eigenvalue weighted by Gasteiger charge is 2.13. The van der Waals surface area contributed by atoms with Gasteiger partial charge in [0.25, 0.3) is 10.4 Å². The average Bonchev–Trinajstić information content (AvgIpc) is 2.85. The van der Waals surface area contributed by atoms with E-state index in [2.05, 4.69) is 9.97 Å². The van der Waals surface area contributed by atoms with Crippen molar-refractivity contribution in [3.63, 3.8) is 0 Å². The van der Waals surface area contributed by atoms with Crippen molar-refractivity contribution in [2.45, 2.75) is 24.3 Å². The standard InChI is InChI=1S/C12H11N3O2S/c1-6-7(2)16-11(14-6)18-12-15-10-8(13)4-3-5-9(10)17-12/h3-5H,13H2,1-2H3. The fourth-order valence-electron chi connectivity index (χ4n) is 1.55. The van der Waals surface area contributed by atoms with Gasteiger partial charge in [0.15, 0.2) is 5.58 Å². The molecule has 3 rings (SSSR count). The van der Waals surface area contributed by atoms with Crippen molar-refractivity contribution >= 4 is 28.5 Å². The molecule has 0 aliphatic carbocycles. The molecule has 2 heterocycles. The van der Waals surface area contributed by atoms with Crippen LogP contribution in [0.4, 0.5) is 5.69 Å². The molecule has 0 atom stereocenters. The Balaban J connectivity index is 1.97. The number of nitrogen functional groups attached to an aromatic ring is 1. The van der Waals surface area contributed by atoms with Crippen molar-refractivity contribution in [2.75, 3.05) is 5.73 Å². The summed E-state index contributed by atoms with van der Waals surface area (Å²) in [5.74, 6) is 0.799. The molecule has 0 radical (unpaired) electrons. The van der Waals surface area contributed by atoms with E-state index in [0.29, 0.717) is 27.2 Å². The van der Waals surface area contributed by atoms with Crippen LogP contribution in [0.3, 0.4) is 0 Å². The number of rotatable bonds is 2. The summed E-state index contributed by atoms with van der Waals surface area (Å²) in [5.41, 5.74) is 8.62. The second-order valence-corrected chi connectivity index (χ2v) is 4.80. The van der Waals surface area contributed by atoms with E-state index in [-0.39, 0.29) is 0 Å². The summed E-state index contributed by atoms with van der Waals surface area (Å²) in [5, 5.41) is 0.999. The number of hydrogen-bond acceptors (Lipinski definition) is 6. The first kappa shape index (κ1) is 11.2. The topological polar surface area (TPSA) is 78.1 Å². The number of nitrogens with two attached hydrogens (primary N) is 1. The maximum Gasteiger partial charge on any atom is 0.266 e. The Morgan fingerprint density at radius 3 is 2.56 bits per heavy atom. The van der Waals surface area contributed by atoms with Crippen LogP contribution in [0.5, 0.6) is 0 Å². The van der Waals surface area contributed by atoms with Crippen LogP contribution >= 0.6 is 11.8 Å². The Labute approximate surface area is 107 Å². The van der Waals surface area contributed by atoms with Crippen LogP contribution < -0.4 is 5.73 Å². The van der Waals surface area contributed by atoms with E-state index in [4.69, 9.17) is 14.6 Å². The highest BCUT2D eigenvalue weighted by molar-refractivity contribution is 7.98. The lowest BCUT2D eigenvalue weighted by Crippen LogP contribution is -1.84. The largest absolute Gasteiger partial charge is 0.436 e. The Morgan fingerprint density at radius 1 is 1.11 bits per heavy atom. The molecule has 5 nitrogen and oxygen atoms in total. The number of aryl methyl sites for hydroxylation is 2. The molecule has 92 valence electrons. The molecular formula is C12H11N3O2S. The van der Waals surface area contributed by atoms with Crippen LogP contribution in [0.2, 0.25) is 0 Å². The number of fused-ring (bicyclic) bond motifs is 1. The number of benzene rings is 1. The predicted octanol–water partition coefficient (Wildman–Crippen LogP) is 3.17. The average molecular weight is 261 g/mol. The van der Waals surface area contributed by atoms with Crippen LogP contribution in [0.1, 0.15) is 11.5 Å². The summed E-state index contributed by atoms with van der Waals surface area (Å²) < 4.78 is 11.0. The summed E-state index contributed by atoms with van der Waals surface area (Å²) in [4.78, 5) is 8.58. The highest BCUT2D eigenvalue weighted by Crippen LogP contribution is 2.31. The maximum absolute atomic E-state index is 5.82. The molecule has 0 aliphatic heterocycles. The molecule has 2 aromatic heterocycles. The Bertz CT molecular complexity index is 698. The first-order valence-electron chi connectivity index (χ1n) is 5.40. The van der Waals surface area contributed by atoms with Gasteiger partial charge >= 0.3 is 0 Å². The minimum absolute atomic E-state index is 0.476. The van der Waals surface area contributed by atoms with Crippen molar-refractivity contribution in [3.05, 3.63) is 29.7 Å². The molecule has 2 N–H and O–H groups in total. The first-order chi connectivity index (χ1) is 8.63. The van der Waals surface area contributed by atoms with Crippen LogP contribution in [0.25, 0.3) is 11.1 Å². The molecule has 0 bridgehead atoms. The molecule has 1 aromatic carbocycles. The third-order valence-electron chi connectivity index (χ3n) is 2.61. The van der Waals surface area contributed by atoms with E-state index in [9.17, 15) is 0 Å². The van der Waals surface area contributed by atoms with Gasteiger partial charge in [0, 0.05) is 11.8 Å². The van der Waals surface area contributed by atoms with Crippen molar-refractivity contribution < 1.29 is 8.83 Å². The van der Waals surface area contributed by atoms with Gasteiger partial charge < -0.3 is 14.6 Å². The van der Waals surface area contributed by atoms with Crippen LogP contribution in [0.15, 0.2) is 37.5 Å². The van der Waals surface area contributed by atoms with Gasteiger partial charge in [0.05, 0.1) is 11.4 Å². The second kappa shape index (κ2) is 4.06. The van der Waals surface area contributed by atoms with Gasteiger partial charge in [-0.05, 0) is 26.0 Å². The number of hydrogen-bond donors (Lipinski definition) is 1. The first-order valence-corrected chi connectivity index (χ1v) is 6.22. The minimum atomic E-state index is 0.476. The molecule has 0 saturated carbocycles. The Kier molecular flexibility index (Phi) is 2.52. The third-order valence-corrected chi connectivity index (χ3v) is 3.31. The van der Waals surface area contributed by atoms with E-state index in [1.165, 1.54) is 11.8 Å². The van der Waals surface area contributed by atoms with Gasteiger partial charge in [-0.25, -0.2) is 9.97 Å². The number of aromatic nitrogens is 2. The fraction of sp³-hybridized carbons (Fsp3) is 0.167. The lowest BCUT2D eigenvalue weighted by atomic mass is 10.3. The van der Waals surface area contributed by atoms with Crippen LogP contribution in [0, 0.1) is 13.8 Å². The van der Waals surface area contributed by atoms with Crippen LogP contribution in [-0.4, -0.2) is 9.97 Å². The van der Waals surface area contributed by atoms with E-state index in [1.54, 1.807) is 6.07 Å². The summed E-state index contributed by atoms with van der Waals surface area (Å²) in [6.45, 7) is 3.77. The molecule has 3 aromatic rings. The molecule has 0 fully saturated rings. The van der Waals surface area contributed by atoms with Crippen molar-refractivity contribution in [1.82, 2.24) is 9.97 Å². The molecule has 18 heavy (non-hydrogen) atoms. The second-order valence-electron chi connectivity index (χ2n) is 3.90. The smallest absolute Gasteiger partial charge is 0.266 e. The van der Waals surface area contributed by atoms with Gasteiger partial charge in [-0.2, -0.15) is 0 Å². The molecular weight excluding hydrogens is 250 g/mol. The molecule has 0 spiro atoms. The minimum Gasteiger partial charge on any atom is -0.436 e. The number of oxazole rings is 2. The summed E-state index contributed by atoms with van der Waals surface area (Å²) in [6.07, 6.45) is 0. The van der Waals surface area contributed by atoms with E-state index in [0.717, 1.165) is 11.5 Å². The van der Waals surface area contributed by atoms with Gasteiger partial charge in [0.2, 0.25) is 0 Å². The zero-order valence-corrected chi connectivity index (χ0v) is 10.7. The lowest BCUT2D eigenvalue weighted by Gasteiger charge is -1.89. The quantitative estimate of drug-likeness (QED) is 0.714. The maximum atomic E-state index is 5.82. The van der Waals surface area contributed by atoms with Gasteiger partial charge in [0.1, 0.15) is 11.3 Å². The Morgan fingerprint density at radius 2 is 1.89 bits per heavy atom. The predicted molar refractivity (Wildman–Crippen MR) is 68.5 cm³/mol. The van der Waals surface area contributed by atoms with Gasteiger partial charge in [-0.1, -0.05) is 6.07 Å². The molecule has 0 saturated heterocycles. The molecule has 0 unspecified atom stereocenters. The monoisotopic (exact) mass is 261 g/mol. The van der Waals surface area contributed by atoms with Gasteiger partial charge in [-0.3, -0.25) is 0 Å². The van der Waals surface area contributed by atoms with Crippen molar-refractivity contribution in [1.29, 1.82) is 0 Å². The van der Waals surface area contributed by atoms with Crippen molar-refractivity contribution in [3.8, 4) is 0 Å². The summed E-state index contributed by atoms with van der Waals surface area (Å²) >= 11 is 1.25. The summed E-state index contributed by atoms with van der Waals surface area (Å²) in [6, 6.07) is 5.45. The van der Waals surface area contributed by atoms with Gasteiger partial charge in [-0.15, -0.1) is 0 Å². The van der Waals surface area contributed by atoms with Crippen molar-refractivity contribution in [2.24, 2.45) is 0 Å². The third kappa shape index (κ3) is 1.84. The van der Waals surface area contributed by atoms with Crippen LogP contribution in [-0.2, 0) is 0 Å². The fourth-order valence-corrected chi connectivity index (χ4v) is 2.32. The molecule has 0 aliphatic rings. The number of nitrogens with zero attached hydrogens (tertiary/aromatic N) is 2.